The van der Waals surface area contributed by atoms with Crippen LogP contribution in [0.1, 0.15) is 5.56 Å². The first kappa shape index (κ1) is 16.7. The van der Waals surface area contributed by atoms with Crippen molar-refractivity contribution in [2.75, 3.05) is 17.1 Å². The highest BCUT2D eigenvalue weighted by molar-refractivity contribution is 6.12. The van der Waals surface area contributed by atoms with Gasteiger partial charge in [-0.1, -0.05) is 48.5 Å². The Hall–Kier alpha value is -3.80. The Balaban J connectivity index is 1.77. The average molecular weight is 357 g/mol. The summed E-state index contributed by atoms with van der Waals surface area (Å²) in [5, 5.41) is 7.19. The number of amides is 2. The van der Waals surface area contributed by atoms with Gasteiger partial charge in [0, 0.05) is 5.56 Å². The molecule has 0 aliphatic carbocycles. The molecule has 133 valence electrons. The molecule has 0 N–H and O–H groups in total. The predicted molar refractivity (Wildman–Crippen MR) is 105 cm³/mol. The molecule has 0 unspecified atom stereocenters. The second kappa shape index (κ2) is 7.21. The summed E-state index contributed by atoms with van der Waals surface area (Å²) in [6, 6.07) is 25.7. The topological polar surface area (TPSA) is 59.2 Å². The molecular weight excluding hydrogens is 340 g/mol. The minimum absolute atomic E-state index is 0.356. The monoisotopic (exact) mass is 357 g/mol. The van der Waals surface area contributed by atoms with E-state index in [4.69, 9.17) is 4.74 Å². The number of urea groups is 1. The van der Waals surface area contributed by atoms with Crippen molar-refractivity contribution in [1.82, 2.24) is 5.43 Å². The molecule has 2 amide bonds. The van der Waals surface area contributed by atoms with Crippen LogP contribution in [0.4, 0.5) is 16.2 Å². The van der Waals surface area contributed by atoms with Gasteiger partial charge in [0.25, 0.3) is 0 Å². The first-order valence-electron chi connectivity index (χ1n) is 8.45. The van der Waals surface area contributed by atoms with Gasteiger partial charge in [-0.2, -0.15) is 10.0 Å². The largest absolute Gasteiger partial charge is 0.497 e. The van der Waals surface area contributed by atoms with E-state index in [2.05, 4.69) is 10.5 Å². The number of anilines is 2. The van der Waals surface area contributed by atoms with Gasteiger partial charge in [-0.05, 0) is 36.4 Å². The van der Waals surface area contributed by atoms with E-state index in [9.17, 15) is 4.79 Å². The maximum Gasteiger partial charge on any atom is 0.370 e. The highest BCUT2D eigenvalue weighted by Crippen LogP contribution is 2.25. The summed E-state index contributed by atoms with van der Waals surface area (Å²) in [6.45, 7) is 0. The SMILES string of the molecule is COc1ccc(N2[N]C(c3ccccc3)=NN(c3ccccc3)C2=O)cc1. The van der Waals surface area contributed by atoms with Gasteiger partial charge in [-0.25, -0.2) is 4.79 Å². The van der Waals surface area contributed by atoms with Crippen molar-refractivity contribution in [3.05, 3.63) is 90.5 Å². The maximum absolute atomic E-state index is 13.1. The van der Waals surface area contributed by atoms with Crippen molar-refractivity contribution in [2.45, 2.75) is 0 Å². The smallest absolute Gasteiger partial charge is 0.370 e. The molecule has 0 atom stereocenters. The molecule has 1 heterocycles. The number of amidine groups is 1. The number of carbonyl (C=O) groups excluding carboxylic acids is 1. The van der Waals surface area contributed by atoms with Gasteiger partial charge in [0.1, 0.15) is 5.75 Å². The standard InChI is InChI=1S/C21H17N4O2/c1-27-19-14-12-18(13-15-19)25-21(26)24(17-10-6-3-7-11-17)22-20(23-25)16-8-4-2-5-9-16/h2-15H,1H3. The number of hydrazone groups is 1. The van der Waals surface area contributed by atoms with Crippen LogP contribution in [0.2, 0.25) is 0 Å². The molecule has 0 saturated heterocycles. The predicted octanol–water partition coefficient (Wildman–Crippen LogP) is 4.02. The Kier molecular flexibility index (Phi) is 4.45. The first-order chi connectivity index (χ1) is 13.3. The summed E-state index contributed by atoms with van der Waals surface area (Å²) in [6.07, 6.45) is 0. The van der Waals surface area contributed by atoms with Crippen LogP contribution in [-0.4, -0.2) is 19.0 Å². The summed E-state index contributed by atoms with van der Waals surface area (Å²) in [7, 11) is 1.60. The Morgan fingerprint density at radius 2 is 1.33 bits per heavy atom. The summed E-state index contributed by atoms with van der Waals surface area (Å²) >= 11 is 0. The minimum Gasteiger partial charge on any atom is -0.497 e. The van der Waals surface area contributed by atoms with Gasteiger partial charge < -0.3 is 4.74 Å². The van der Waals surface area contributed by atoms with Gasteiger partial charge in [0.05, 0.1) is 18.5 Å². The Morgan fingerprint density at radius 3 is 1.96 bits per heavy atom. The lowest BCUT2D eigenvalue weighted by molar-refractivity contribution is 0.249. The van der Waals surface area contributed by atoms with Crippen LogP contribution >= 0.6 is 0 Å². The highest BCUT2D eigenvalue weighted by Gasteiger charge is 2.32. The third-order valence-electron chi connectivity index (χ3n) is 4.10. The maximum atomic E-state index is 13.1. The van der Waals surface area contributed by atoms with E-state index in [1.807, 2.05) is 60.7 Å². The summed E-state index contributed by atoms with van der Waals surface area (Å²) < 4.78 is 5.20. The Morgan fingerprint density at radius 1 is 0.741 bits per heavy atom. The zero-order chi connectivity index (χ0) is 18.6. The fraction of sp³-hybridized carbons (Fsp3) is 0.0476. The first-order valence-corrected chi connectivity index (χ1v) is 8.45. The third-order valence-corrected chi connectivity index (χ3v) is 4.10. The van der Waals surface area contributed by atoms with Gasteiger partial charge in [0.2, 0.25) is 0 Å². The molecule has 6 nitrogen and oxygen atoms in total. The van der Waals surface area contributed by atoms with Crippen LogP contribution < -0.4 is 20.2 Å². The lowest BCUT2D eigenvalue weighted by atomic mass is 10.2. The fourth-order valence-electron chi connectivity index (χ4n) is 2.72. The summed E-state index contributed by atoms with van der Waals surface area (Å²) in [5.74, 6) is 1.16. The number of hydrogen-bond donors (Lipinski definition) is 0. The molecule has 0 spiro atoms. The molecule has 1 radical (unpaired) electrons. The summed E-state index contributed by atoms with van der Waals surface area (Å²) in [4.78, 5) is 13.1. The van der Waals surface area contributed by atoms with Crippen molar-refractivity contribution in [3.8, 4) is 5.75 Å². The number of carbonyl (C=O) groups is 1. The molecule has 0 fully saturated rings. The highest BCUT2D eigenvalue weighted by atomic mass is 16.5. The van der Waals surface area contributed by atoms with Gasteiger partial charge in [-0.3, -0.25) is 0 Å². The molecule has 4 rings (SSSR count). The Labute approximate surface area is 157 Å². The van der Waals surface area contributed by atoms with Crippen molar-refractivity contribution in [2.24, 2.45) is 5.10 Å². The summed E-state index contributed by atoms with van der Waals surface area (Å²) in [5.41, 5.74) is 6.61. The third kappa shape index (κ3) is 3.32. The lowest BCUT2D eigenvalue weighted by Gasteiger charge is -2.31. The van der Waals surface area contributed by atoms with E-state index >= 15 is 0 Å². The number of benzene rings is 3. The molecule has 1 aliphatic rings. The van der Waals surface area contributed by atoms with Gasteiger partial charge in [0.15, 0.2) is 5.84 Å². The van der Waals surface area contributed by atoms with Crippen LogP contribution in [0.3, 0.4) is 0 Å². The number of methoxy groups -OCH3 is 1. The van der Waals surface area contributed by atoms with Crippen molar-refractivity contribution >= 4 is 23.2 Å². The second-order valence-corrected chi connectivity index (χ2v) is 5.83. The Bertz CT molecular complexity index is 956. The zero-order valence-electron chi connectivity index (χ0n) is 14.7. The van der Waals surface area contributed by atoms with Crippen LogP contribution in [0, 0.1) is 0 Å². The van der Waals surface area contributed by atoms with E-state index in [1.165, 1.54) is 10.0 Å². The van der Waals surface area contributed by atoms with Gasteiger partial charge in [-0.15, -0.1) is 10.5 Å². The molecule has 3 aromatic rings. The number of rotatable bonds is 4. The quantitative estimate of drug-likeness (QED) is 0.708. The molecule has 0 bridgehead atoms. The van der Waals surface area contributed by atoms with Crippen LogP contribution in [0.25, 0.3) is 0 Å². The lowest BCUT2D eigenvalue weighted by Crippen LogP contribution is -2.52. The van der Waals surface area contributed by atoms with Crippen molar-refractivity contribution in [1.29, 1.82) is 0 Å². The van der Waals surface area contributed by atoms with Crippen molar-refractivity contribution in [3.63, 3.8) is 0 Å². The van der Waals surface area contributed by atoms with E-state index in [-0.39, 0.29) is 6.03 Å². The van der Waals surface area contributed by atoms with E-state index in [1.54, 1.807) is 31.4 Å². The van der Waals surface area contributed by atoms with Crippen LogP contribution in [-0.2, 0) is 0 Å². The van der Waals surface area contributed by atoms with E-state index in [0.29, 0.717) is 23.0 Å². The molecule has 3 aromatic carbocycles. The molecular formula is C21H17N4O2. The van der Waals surface area contributed by atoms with E-state index in [0.717, 1.165) is 5.56 Å². The van der Waals surface area contributed by atoms with Crippen LogP contribution in [0.15, 0.2) is 90.0 Å². The number of hydrogen-bond acceptors (Lipinski definition) is 3. The second-order valence-electron chi connectivity index (χ2n) is 5.83. The average Bonchev–Trinajstić information content (AvgIpc) is 2.75. The number of ether oxygens (including phenoxy) is 1. The number of nitrogens with zero attached hydrogens (tertiary/aromatic N) is 4. The molecule has 1 aliphatic heterocycles. The normalized spacial score (nSPS) is 13.8. The fourth-order valence-corrected chi connectivity index (χ4v) is 2.72. The molecule has 0 aromatic heterocycles. The molecule has 27 heavy (non-hydrogen) atoms. The molecule has 6 heteroatoms. The van der Waals surface area contributed by atoms with Crippen LogP contribution in [0.5, 0.6) is 5.75 Å². The molecule has 0 saturated carbocycles. The minimum atomic E-state index is -0.356. The zero-order valence-corrected chi connectivity index (χ0v) is 14.7. The number of para-hydroxylation sites is 1. The van der Waals surface area contributed by atoms with Crippen molar-refractivity contribution < 1.29 is 9.53 Å². The van der Waals surface area contributed by atoms with Gasteiger partial charge >= 0.3 is 6.03 Å². The van der Waals surface area contributed by atoms with E-state index < -0.39 is 0 Å².